The molecular formula is C19H28N2O3S. The van der Waals surface area contributed by atoms with Crippen LogP contribution in [0.4, 0.5) is 0 Å². The van der Waals surface area contributed by atoms with Crippen molar-refractivity contribution in [2.75, 3.05) is 26.4 Å². The second-order valence-electron chi connectivity index (χ2n) is 6.62. The second kappa shape index (κ2) is 9.15. The molecule has 25 heavy (non-hydrogen) atoms. The molecule has 1 fully saturated rings. The van der Waals surface area contributed by atoms with Gasteiger partial charge in [-0.1, -0.05) is 55.3 Å². The summed E-state index contributed by atoms with van der Waals surface area (Å²) in [5.41, 5.74) is 1.11. The van der Waals surface area contributed by atoms with Crippen molar-refractivity contribution in [3.63, 3.8) is 0 Å². The molecule has 0 spiro atoms. The first kappa shape index (κ1) is 19.7. The van der Waals surface area contributed by atoms with Crippen molar-refractivity contribution in [2.45, 2.75) is 38.1 Å². The molecule has 1 saturated heterocycles. The average molecular weight is 365 g/mol. The molecule has 1 atom stereocenters. The largest absolute Gasteiger partial charge is 0.336 e. The molecule has 0 aliphatic carbocycles. The van der Waals surface area contributed by atoms with E-state index < -0.39 is 10.0 Å². The van der Waals surface area contributed by atoms with Gasteiger partial charge in [-0.05, 0) is 18.4 Å². The molecule has 6 heteroatoms. The van der Waals surface area contributed by atoms with E-state index in [1.165, 1.54) is 18.4 Å². The van der Waals surface area contributed by atoms with E-state index in [1.807, 2.05) is 41.3 Å². The third-order valence-corrected chi connectivity index (χ3v) is 6.39. The molecule has 0 saturated carbocycles. The van der Waals surface area contributed by atoms with Crippen molar-refractivity contribution in [3.8, 4) is 0 Å². The zero-order valence-electron chi connectivity index (χ0n) is 15.1. The van der Waals surface area contributed by atoms with E-state index in [2.05, 4.69) is 6.08 Å². The Bertz CT molecular complexity index is 684. The highest BCUT2D eigenvalue weighted by Crippen LogP contribution is 2.20. The lowest BCUT2D eigenvalue weighted by atomic mass is 10.1. The summed E-state index contributed by atoms with van der Waals surface area (Å²) in [7, 11) is -0.352. The summed E-state index contributed by atoms with van der Waals surface area (Å²) < 4.78 is 25.0. The normalized spacial score (nSPS) is 19.3. The number of carbonyl (C=O) groups is 1. The third-order valence-electron chi connectivity index (χ3n) is 4.56. The molecule has 1 amide bonds. The average Bonchev–Trinajstić information content (AvgIpc) is 2.84. The predicted molar refractivity (Wildman–Crippen MR) is 102 cm³/mol. The number of benzene rings is 1. The smallest absolute Gasteiger partial charge is 0.224 e. The van der Waals surface area contributed by atoms with Crippen LogP contribution in [0.1, 0.15) is 37.7 Å². The molecule has 138 valence electrons. The highest BCUT2D eigenvalue weighted by molar-refractivity contribution is 7.89. The molecule has 1 heterocycles. The van der Waals surface area contributed by atoms with Crippen LogP contribution in [0.15, 0.2) is 36.4 Å². The van der Waals surface area contributed by atoms with Crippen LogP contribution in [-0.4, -0.2) is 56.0 Å². The lowest BCUT2D eigenvalue weighted by Crippen LogP contribution is -2.40. The molecule has 1 aromatic carbocycles. The summed E-state index contributed by atoms with van der Waals surface area (Å²) in [5.74, 6) is -0.209. The Morgan fingerprint density at radius 1 is 1.20 bits per heavy atom. The zero-order chi connectivity index (χ0) is 18.3. The molecule has 0 N–H and O–H groups in total. The summed E-state index contributed by atoms with van der Waals surface area (Å²) >= 11 is 0. The third kappa shape index (κ3) is 5.97. The maximum absolute atomic E-state index is 12.7. The second-order valence-corrected chi connectivity index (χ2v) is 8.92. The van der Waals surface area contributed by atoms with Gasteiger partial charge in [0.15, 0.2) is 0 Å². The number of likely N-dealkylation sites (tertiary alicyclic amines) is 1. The van der Waals surface area contributed by atoms with E-state index in [0.717, 1.165) is 31.2 Å². The number of nitrogens with zero attached hydrogens (tertiary/aromatic N) is 2. The van der Waals surface area contributed by atoms with Crippen molar-refractivity contribution in [2.24, 2.45) is 0 Å². The van der Waals surface area contributed by atoms with Crippen LogP contribution in [0.2, 0.25) is 0 Å². The van der Waals surface area contributed by atoms with Crippen LogP contribution in [0, 0.1) is 0 Å². The fourth-order valence-electron chi connectivity index (χ4n) is 2.97. The van der Waals surface area contributed by atoms with Crippen LogP contribution in [-0.2, 0) is 14.8 Å². The summed E-state index contributed by atoms with van der Waals surface area (Å²) in [6.07, 6.45) is 8.26. The molecule has 0 radical (unpaired) electrons. The molecule has 0 aromatic heterocycles. The van der Waals surface area contributed by atoms with Crippen molar-refractivity contribution in [3.05, 3.63) is 42.0 Å². The predicted octanol–water partition coefficient (Wildman–Crippen LogP) is 2.75. The monoisotopic (exact) mass is 364 g/mol. The SMILES string of the molecule is CN(C)S(=O)(=O)CCC(=O)N1CCCCCC1/C=C/c1ccccc1. The molecule has 5 nitrogen and oxygen atoms in total. The van der Waals surface area contributed by atoms with Gasteiger partial charge in [0, 0.05) is 27.1 Å². The topological polar surface area (TPSA) is 57.7 Å². The van der Waals surface area contributed by atoms with E-state index >= 15 is 0 Å². The first-order valence-electron chi connectivity index (χ1n) is 8.83. The lowest BCUT2D eigenvalue weighted by molar-refractivity contribution is -0.132. The van der Waals surface area contributed by atoms with Crippen molar-refractivity contribution < 1.29 is 13.2 Å². The van der Waals surface area contributed by atoms with Gasteiger partial charge in [0.05, 0.1) is 11.8 Å². The molecule has 1 aliphatic rings. The Balaban J connectivity index is 2.06. The highest BCUT2D eigenvalue weighted by atomic mass is 32.2. The lowest BCUT2D eigenvalue weighted by Gasteiger charge is -2.28. The van der Waals surface area contributed by atoms with Gasteiger partial charge in [0.2, 0.25) is 15.9 Å². The Labute approximate surface area is 151 Å². The first-order chi connectivity index (χ1) is 11.9. The summed E-state index contributed by atoms with van der Waals surface area (Å²) in [6, 6.07) is 10.1. The van der Waals surface area contributed by atoms with Gasteiger partial charge >= 0.3 is 0 Å². The van der Waals surface area contributed by atoms with Gasteiger partial charge in [-0.2, -0.15) is 0 Å². The minimum atomic E-state index is -3.35. The minimum Gasteiger partial charge on any atom is -0.336 e. The van der Waals surface area contributed by atoms with Crippen LogP contribution < -0.4 is 0 Å². The number of carbonyl (C=O) groups excluding carboxylic acids is 1. The van der Waals surface area contributed by atoms with Crippen molar-refractivity contribution in [1.82, 2.24) is 9.21 Å². The summed E-state index contributed by atoms with van der Waals surface area (Å²) in [5, 5.41) is 0. The van der Waals surface area contributed by atoms with Gasteiger partial charge in [-0.15, -0.1) is 0 Å². The number of amides is 1. The zero-order valence-corrected chi connectivity index (χ0v) is 15.9. The Kier molecular flexibility index (Phi) is 7.20. The van der Waals surface area contributed by atoms with Gasteiger partial charge < -0.3 is 4.90 Å². The van der Waals surface area contributed by atoms with E-state index in [1.54, 1.807) is 0 Å². The standard InChI is InChI=1S/C19H28N2O3S/c1-20(2)25(23,24)16-14-19(22)21-15-8-4-7-11-18(21)13-12-17-9-5-3-6-10-17/h3,5-6,9-10,12-13,18H,4,7-8,11,14-16H2,1-2H3/b13-12+. The number of hydrogen-bond acceptors (Lipinski definition) is 3. The van der Waals surface area contributed by atoms with E-state index in [4.69, 9.17) is 0 Å². The van der Waals surface area contributed by atoms with Crippen molar-refractivity contribution >= 4 is 22.0 Å². The summed E-state index contributed by atoms with van der Waals surface area (Å²) in [4.78, 5) is 14.5. The first-order valence-corrected chi connectivity index (χ1v) is 10.4. The fourth-order valence-corrected chi connectivity index (χ4v) is 3.77. The number of sulfonamides is 1. The van der Waals surface area contributed by atoms with E-state index in [9.17, 15) is 13.2 Å². The molecular weight excluding hydrogens is 336 g/mol. The van der Waals surface area contributed by atoms with E-state index in [0.29, 0.717) is 6.54 Å². The van der Waals surface area contributed by atoms with Gasteiger partial charge in [-0.3, -0.25) is 4.79 Å². The van der Waals surface area contributed by atoms with Crippen LogP contribution in [0.3, 0.4) is 0 Å². The van der Waals surface area contributed by atoms with Crippen LogP contribution in [0.5, 0.6) is 0 Å². The number of hydrogen-bond donors (Lipinski definition) is 0. The molecule has 2 rings (SSSR count). The molecule has 1 aliphatic heterocycles. The van der Waals surface area contributed by atoms with E-state index in [-0.39, 0.29) is 24.1 Å². The van der Waals surface area contributed by atoms with Gasteiger partial charge in [-0.25, -0.2) is 12.7 Å². The quantitative estimate of drug-likeness (QED) is 0.780. The summed E-state index contributed by atoms with van der Waals surface area (Å²) in [6.45, 7) is 0.699. The van der Waals surface area contributed by atoms with Gasteiger partial charge in [0.25, 0.3) is 0 Å². The maximum Gasteiger partial charge on any atom is 0.224 e. The maximum atomic E-state index is 12.7. The Morgan fingerprint density at radius 3 is 2.60 bits per heavy atom. The fraction of sp³-hybridized carbons (Fsp3) is 0.526. The van der Waals surface area contributed by atoms with Crippen LogP contribution in [0.25, 0.3) is 6.08 Å². The molecule has 0 bridgehead atoms. The molecule has 1 unspecified atom stereocenters. The number of rotatable bonds is 6. The Morgan fingerprint density at radius 2 is 1.92 bits per heavy atom. The van der Waals surface area contributed by atoms with Gasteiger partial charge in [0.1, 0.15) is 0 Å². The minimum absolute atomic E-state index is 0.0379. The highest BCUT2D eigenvalue weighted by Gasteiger charge is 2.25. The van der Waals surface area contributed by atoms with Crippen molar-refractivity contribution in [1.29, 1.82) is 0 Å². The molecule has 1 aromatic rings. The Hall–Kier alpha value is -1.66. The van der Waals surface area contributed by atoms with Crippen LogP contribution >= 0.6 is 0 Å².